The Labute approximate surface area is 185 Å². The van der Waals surface area contributed by atoms with Crippen molar-refractivity contribution < 1.29 is 9.53 Å². The number of amides is 1. The van der Waals surface area contributed by atoms with Gasteiger partial charge in [-0.25, -0.2) is 0 Å². The molecule has 0 spiro atoms. The van der Waals surface area contributed by atoms with E-state index in [9.17, 15) is 4.79 Å². The van der Waals surface area contributed by atoms with E-state index in [1.54, 1.807) is 30.2 Å². The van der Waals surface area contributed by atoms with E-state index in [1.165, 1.54) is 0 Å². The predicted molar refractivity (Wildman–Crippen MR) is 119 cm³/mol. The highest BCUT2D eigenvalue weighted by atomic mass is 35.5. The summed E-state index contributed by atoms with van der Waals surface area (Å²) >= 11 is 12.3. The van der Waals surface area contributed by atoms with Crippen molar-refractivity contribution in [2.45, 2.75) is 0 Å². The van der Waals surface area contributed by atoms with Crippen LogP contribution in [-0.4, -0.2) is 54.3 Å². The number of hydrogen-bond acceptors (Lipinski definition) is 5. The smallest absolute Gasteiger partial charge is 0.257 e. The van der Waals surface area contributed by atoms with E-state index in [2.05, 4.69) is 15.1 Å². The Morgan fingerprint density at radius 3 is 2.40 bits per heavy atom. The highest BCUT2D eigenvalue weighted by Gasteiger charge is 2.25. The first-order chi connectivity index (χ1) is 14.6. The second kappa shape index (κ2) is 8.90. The minimum Gasteiger partial charge on any atom is -0.496 e. The second-order valence-corrected chi connectivity index (χ2v) is 7.72. The molecule has 30 heavy (non-hydrogen) atoms. The average Bonchev–Trinajstić information content (AvgIpc) is 2.79. The zero-order valence-corrected chi connectivity index (χ0v) is 17.9. The molecule has 8 heteroatoms. The summed E-state index contributed by atoms with van der Waals surface area (Å²) < 4.78 is 5.31. The predicted octanol–water partition coefficient (Wildman–Crippen LogP) is 4.42. The first kappa shape index (κ1) is 20.4. The molecule has 0 atom stereocenters. The van der Waals surface area contributed by atoms with Crippen LogP contribution in [0.5, 0.6) is 5.75 Å². The van der Waals surface area contributed by atoms with Gasteiger partial charge in [0.15, 0.2) is 5.82 Å². The van der Waals surface area contributed by atoms with E-state index in [0.717, 1.165) is 17.1 Å². The number of ether oxygens (including phenoxy) is 1. The summed E-state index contributed by atoms with van der Waals surface area (Å²) in [5.74, 6) is 1.21. The monoisotopic (exact) mass is 442 g/mol. The molecule has 1 aliphatic rings. The van der Waals surface area contributed by atoms with Gasteiger partial charge in [-0.2, -0.15) is 0 Å². The van der Waals surface area contributed by atoms with Crippen LogP contribution in [0.4, 0.5) is 5.82 Å². The highest BCUT2D eigenvalue weighted by Crippen LogP contribution is 2.27. The maximum atomic E-state index is 12.9. The summed E-state index contributed by atoms with van der Waals surface area (Å²) in [5.41, 5.74) is 2.05. The first-order valence-electron chi connectivity index (χ1n) is 9.53. The third kappa shape index (κ3) is 4.20. The molecule has 1 saturated heterocycles. The lowest BCUT2D eigenvalue weighted by Crippen LogP contribution is -2.49. The van der Waals surface area contributed by atoms with Gasteiger partial charge in [-0.15, -0.1) is 10.2 Å². The van der Waals surface area contributed by atoms with Gasteiger partial charge >= 0.3 is 0 Å². The minimum atomic E-state index is -0.0887. The van der Waals surface area contributed by atoms with E-state index in [-0.39, 0.29) is 5.91 Å². The van der Waals surface area contributed by atoms with Crippen LogP contribution in [0.3, 0.4) is 0 Å². The SMILES string of the molecule is COc1ccc(Cl)cc1C(=O)N1CCN(c2ccc(-c3ccccc3Cl)nn2)CC1. The molecule has 0 unspecified atom stereocenters. The van der Waals surface area contributed by atoms with Crippen molar-refractivity contribution >= 4 is 34.9 Å². The fourth-order valence-corrected chi connectivity index (χ4v) is 3.87. The molecule has 154 valence electrons. The largest absolute Gasteiger partial charge is 0.496 e. The van der Waals surface area contributed by atoms with Crippen molar-refractivity contribution in [2.75, 3.05) is 38.2 Å². The summed E-state index contributed by atoms with van der Waals surface area (Å²) in [6.07, 6.45) is 0. The molecule has 1 amide bonds. The van der Waals surface area contributed by atoms with Crippen LogP contribution in [0.25, 0.3) is 11.3 Å². The Morgan fingerprint density at radius 2 is 1.73 bits per heavy atom. The molecule has 2 heterocycles. The van der Waals surface area contributed by atoms with Crippen LogP contribution in [0.15, 0.2) is 54.6 Å². The lowest BCUT2D eigenvalue weighted by Gasteiger charge is -2.35. The van der Waals surface area contributed by atoms with Crippen molar-refractivity contribution in [3.05, 3.63) is 70.2 Å². The van der Waals surface area contributed by atoms with Gasteiger partial charge in [-0.05, 0) is 36.4 Å². The number of anilines is 1. The van der Waals surface area contributed by atoms with Gasteiger partial charge in [0, 0.05) is 36.8 Å². The van der Waals surface area contributed by atoms with E-state index in [4.69, 9.17) is 27.9 Å². The number of halogens is 2. The standard InChI is InChI=1S/C22H20Cl2N4O2/c1-30-20-8-6-15(23)14-17(20)22(29)28-12-10-27(11-13-28)21-9-7-19(25-26-21)16-4-2-3-5-18(16)24/h2-9,14H,10-13H2,1H3. The maximum Gasteiger partial charge on any atom is 0.257 e. The molecule has 0 aliphatic carbocycles. The van der Waals surface area contributed by atoms with Gasteiger partial charge in [0.1, 0.15) is 5.75 Å². The molecule has 4 rings (SSSR count). The molecule has 6 nitrogen and oxygen atoms in total. The van der Waals surface area contributed by atoms with Crippen molar-refractivity contribution in [2.24, 2.45) is 0 Å². The normalized spacial score (nSPS) is 14.0. The molecular weight excluding hydrogens is 423 g/mol. The fourth-order valence-electron chi connectivity index (χ4n) is 3.46. The number of nitrogens with zero attached hydrogens (tertiary/aromatic N) is 4. The molecule has 1 aromatic heterocycles. The quantitative estimate of drug-likeness (QED) is 0.598. The first-order valence-corrected chi connectivity index (χ1v) is 10.3. The number of piperazine rings is 1. The van der Waals surface area contributed by atoms with Crippen molar-refractivity contribution in [1.82, 2.24) is 15.1 Å². The number of benzene rings is 2. The maximum absolute atomic E-state index is 12.9. The molecule has 0 saturated carbocycles. The number of aromatic nitrogens is 2. The van der Waals surface area contributed by atoms with Crippen LogP contribution in [0.1, 0.15) is 10.4 Å². The van der Waals surface area contributed by atoms with E-state index in [0.29, 0.717) is 47.5 Å². The second-order valence-electron chi connectivity index (χ2n) is 6.88. The van der Waals surface area contributed by atoms with Crippen LogP contribution < -0.4 is 9.64 Å². The zero-order valence-electron chi connectivity index (χ0n) is 16.4. The van der Waals surface area contributed by atoms with Gasteiger partial charge in [0.2, 0.25) is 0 Å². The Kier molecular flexibility index (Phi) is 6.06. The molecule has 0 N–H and O–H groups in total. The molecule has 1 fully saturated rings. The number of carbonyl (C=O) groups is 1. The van der Waals surface area contributed by atoms with Gasteiger partial charge in [-0.3, -0.25) is 4.79 Å². The number of methoxy groups -OCH3 is 1. The Balaban J connectivity index is 1.43. The van der Waals surface area contributed by atoms with E-state index < -0.39 is 0 Å². The van der Waals surface area contributed by atoms with Gasteiger partial charge in [-0.1, -0.05) is 41.4 Å². The molecule has 1 aliphatic heterocycles. The Morgan fingerprint density at radius 1 is 0.967 bits per heavy atom. The molecule has 0 bridgehead atoms. The molecular formula is C22H20Cl2N4O2. The summed E-state index contributed by atoms with van der Waals surface area (Å²) in [7, 11) is 1.54. The van der Waals surface area contributed by atoms with Crippen LogP contribution in [-0.2, 0) is 0 Å². The van der Waals surface area contributed by atoms with Gasteiger partial charge < -0.3 is 14.5 Å². The Bertz CT molecular complexity index is 1050. The molecule has 2 aromatic carbocycles. The Hall–Kier alpha value is -2.83. The van der Waals surface area contributed by atoms with E-state index >= 15 is 0 Å². The molecule has 0 radical (unpaired) electrons. The summed E-state index contributed by atoms with van der Waals surface area (Å²) in [6.45, 7) is 2.47. The lowest BCUT2D eigenvalue weighted by atomic mass is 10.1. The van der Waals surface area contributed by atoms with Crippen LogP contribution in [0.2, 0.25) is 10.0 Å². The summed E-state index contributed by atoms with van der Waals surface area (Å²) in [5, 5.41) is 9.84. The minimum absolute atomic E-state index is 0.0887. The molecule has 3 aromatic rings. The highest BCUT2D eigenvalue weighted by molar-refractivity contribution is 6.33. The average molecular weight is 443 g/mol. The van der Waals surface area contributed by atoms with Crippen molar-refractivity contribution in [3.8, 4) is 17.0 Å². The zero-order chi connectivity index (χ0) is 21.1. The van der Waals surface area contributed by atoms with Gasteiger partial charge in [0.05, 0.1) is 23.4 Å². The lowest BCUT2D eigenvalue weighted by molar-refractivity contribution is 0.0743. The number of carbonyl (C=O) groups excluding carboxylic acids is 1. The third-order valence-corrected chi connectivity index (χ3v) is 5.65. The van der Waals surface area contributed by atoms with Gasteiger partial charge in [0.25, 0.3) is 5.91 Å². The van der Waals surface area contributed by atoms with Crippen LogP contribution >= 0.6 is 23.2 Å². The summed E-state index contributed by atoms with van der Waals surface area (Å²) in [4.78, 5) is 16.9. The van der Waals surface area contributed by atoms with E-state index in [1.807, 2.05) is 36.4 Å². The number of hydrogen-bond donors (Lipinski definition) is 0. The van der Waals surface area contributed by atoms with Crippen molar-refractivity contribution in [3.63, 3.8) is 0 Å². The third-order valence-electron chi connectivity index (χ3n) is 5.08. The van der Waals surface area contributed by atoms with Crippen molar-refractivity contribution in [1.29, 1.82) is 0 Å². The topological polar surface area (TPSA) is 58.6 Å². The summed E-state index contributed by atoms with van der Waals surface area (Å²) in [6, 6.07) is 16.5. The number of rotatable bonds is 4. The van der Waals surface area contributed by atoms with Crippen LogP contribution in [0, 0.1) is 0 Å². The fraction of sp³-hybridized carbons (Fsp3) is 0.227.